The van der Waals surface area contributed by atoms with Crippen molar-refractivity contribution in [2.24, 2.45) is 0 Å². The Balaban J connectivity index is 2.16. The first-order valence-electron chi connectivity index (χ1n) is 6.39. The van der Waals surface area contributed by atoms with Gasteiger partial charge in [-0.1, -0.05) is 18.2 Å². The van der Waals surface area contributed by atoms with Gasteiger partial charge in [-0.25, -0.2) is 4.79 Å². The van der Waals surface area contributed by atoms with Crippen molar-refractivity contribution in [3.05, 3.63) is 29.8 Å². The monoisotopic (exact) mass is 247 g/mol. The second kappa shape index (κ2) is 5.40. The zero-order chi connectivity index (χ0) is 13.1. The average Bonchev–Trinajstić information content (AvgIpc) is 2.65. The van der Waals surface area contributed by atoms with E-state index in [1.807, 2.05) is 55.1 Å². The lowest BCUT2D eigenvalue weighted by molar-refractivity contribution is 0.217. The molecule has 0 bridgehead atoms. The summed E-state index contributed by atoms with van der Waals surface area (Å²) >= 11 is 0. The molecule has 1 aromatic carbocycles. The first-order valence-corrected chi connectivity index (χ1v) is 6.39. The van der Waals surface area contributed by atoms with E-state index >= 15 is 0 Å². The van der Waals surface area contributed by atoms with Gasteiger partial charge in [0.1, 0.15) is 0 Å². The lowest BCUT2D eigenvalue weighted by Gasteiger charge is -2.18. The first-order chi connectivity index (χ1) is 8.65. The van der Waals surface area contributed by atoms with Crippen molar-refractivity contribution in [2.75, 3.05) is 32.1 Å². The maximum Gasteiger partial charge on any atom is 0.324 e. The van der Waals surface area contributed by atoms with E-state index in [4.69, 9.17) is 0 Å². The number of hydrogen-bond donors (Lipinski definition) is 1. The molecule has 2 amide bonds. The Kier molecular flexibility index (Phi) is 3.87. The summed E-state index contributed by atoms with van der Waals surface area (Å²) in [5, 5.41) is 3.14. The van der Waals surface area contributed by atoms with E-state index in [0.717, 1.165) is 30.8 Å². The Bertz CT molecular complexity index is 433. The summed E-state index contributed by atoms with van der Waals surface area (Å²) in [5.74, 6) is 0. The lowest BCUT2D eigenvalue weighted by atomic mass is 10.1. The van der Waals surface area contributed by atoms with Crippen molar-refractivity contribution < 1.29 is 4.79 Å². The molecule has 0 aromatic heterocycles. The molecule has 0 radical (unpaired) electrons. The van der Waals surface area contributed by atoms with Crippen LogP contribution in [0.3, 0.4) is 0 Å². The molecule has 1 N–H and O–H groups in total. The third kappa shape index (κ3) is 2.34. The van der Waals surface area contributed by atoms with Crippen LogP contribution in [0.5, 0.6) is 0 Å². The molecule has 1 aliphatic rings. The predicted octanol–water partition coefficient (Wildman–Crippen LogP) is 1.84. The number of para-hydroxylation sites is 1. The number of likely N-dealkylation sites (N-methyl/N-ethyl adjacent to an activating group) is 1. The fourth-order valence-electron chi connectivity index (χ4n) is 2.42. The number of anilines is 1. The number of nitrogens with one attached hydrogen (secondary N) is 1. The van der Waals surface area contributed by atoms with Crippen LogP contribution in [0.15, 0.2) is 24.3 Å². The van der Waals surface area contributed by atoms with Crippen LogP contribution in [0.2, 0.25) is 0 Å². The third-order valence-corrected chi connectivity index (χ3v) is 3.61. The lowest BCUT2D eigenvalue weighted by Crippen LogP contribution is -2.32. The Morgan fingerprint density at radius 3 is 2.78 bits per heavy atom. The van der Waals surface area contributed by atoms with Gasteiger partial charge >= 0.3 is 6.03 Å². The minimum absolute atomic E-state index is 0.102. The second-order valence-electron chi connectivity index (χ2n) is 4.84. The highest BCUT2D eigenvalue weighted by Crippen LogP contribution is 2.26. The van der Waals surface area contributed by atoms with Crippen LogP contribution >= 0.6 is 0 Å². The molecule has 1 aliphatic heterocycles. The van der Waals surface area contributed by atoms with Crippen molar-refractivity contribution >= 4 is 11.7 Å². The minimum atomic E-state index is 0.102. The Morgan fingerprint density at radius 2 is 2.11 bits per heavy atom. The van der Waals surface area contributed by atoms with E-state index in [1.165, 1.54) is 0 Å². The highest BCUT2D eigenvalue weighted by atomic mass is 16.2. The van der Waals surface area contributed by atoms with Gasteiger partial charge in [-0.2, -0.15) is 0 Å². The van der Waals surface area contributed by atoms with Crippen LogP contribution in [-0.2, 0) is 0 Å². The molecule has 1 saturated heterocycles. The molecule has 4 nitrogen and oxygen atoms in total. The molecule has 1 unspecified atom stereocenters. The third-order valence-electron chi connectivity index (χ3n) is 3.61. The van der Waals surface area contributed by atoms with E-state index in [0.29, 0.717) is 6.04 Å². The SMILES string of the molecule is CNCCC1CN(c2ccccc2C)C(=O)N1C. The molecule has 1 fully saturated rings. The van der Waals surface area contributed by atoms with Gasteiger partial charge in [-0.15, -0.1) is 0 Å². The number of benzene rings is 1. The quantitative estimate of drug-likeness (QED) is 0.881. The Hall–Kier alpha value is -1.55. The average molecular weight is 247 g/mol. The predicted molar refractivity (Wildman–Crippen MR) is 74.0 cm³/mol. The molecule has 1 heterocycles. The zero-order valence-electron chi connectivity index (χ0n) is 11.3. The number of carbonyl (C=O) groups is 1. The normalized spacial score (nSPS) is 19.7. The van der Waals surface area contributed by atoms with E-state index in [9.17, 15) is 4.79 Å². The van der Waals surface area contributed by atoms with Crippen molar-refractivity contribution in [2.45, 2.75) is 19.4 Å². The van der Waals surface area contributed by atoms with Crippen LogP contribution in [0.1, 0.15) is 12.0 Å². The first kappa shape index (κ1) is 12.9. The molecule has 4 heteroatoms. The van der Waals surface area contributed by atoms with Crippen molar-refractivity contribution in [1.82, 2.24) is 10.2 Å². The van der Waals surface area contributed by atoms with Gasteiger partial charge in [0, 0.05) is 19.3 Å². The van der Waals surface area contributed by atoms with E-state index < -0.39 is 0 Å². The van der Waals surface area contributed by atoms with Gasteiger partial charge in [-0.05, 0) is 38.6 Å². The number of aryl methyl sites for hydroxylation is 1. The number of nitrogens with zero attached hydrogens (tertiary/aromatic N) is 2. The summed E-state index contributed by atoms with van der Waals surface area (Å²) in [7, 11) is 3.83. The highest BCUT2D eigenvalue weighted by Gasteiger charge is 2.35. The number of carbonyl (C=O) groups excluding carboxylic acids is 1. The second-order valence-corrected chi connectivity index (χ2v) is 4.84. The summed E-state index contributed by atoms with van der Waals surface area (Å²) in [6.07, 6.45) is 0.987. The highest BCUT2D eigenvalue weighted by molar-refractivity contribution is 5.95. The maximum atomic E-state index is 12.3. The molecule has 98 valence electrons. The van der Waals surface area contributed by atoms with Crippen molar-refractivity contribution in [3.63, 3.8) is 0 Å². The van der Waals surface area contributed by atoms with E-state index in [2.05, 4.69) is 5.32 Å². The summed E-state index contributed by atoms with van der Waals surface area (Å²) in [6, 6.07) is 8.44. The fraction of sp³-hybridized carbons (Fsp3) is 0.500. The summed E-state index contributed by atoms with van der Waals surface area (Å²) in [5.41, 5.74) is 2.18. The maximum absolute atomic E-state index is 12.3. The summed E-state index contributed by atoms with van der Waals surface area (Å²) < 4.78 is 0. The van der Waals surface area contributed by atoms with Crippen LogP contribution in [0.4, 0.5) is 10.5 Å². The van der Waals surface area contributed by atoms with E-state index in [1.54, 1.807) is 0 Å². The number of hydrogen-bond acceptors (Lipinski definition) is 2. The number of amides is 2. The molecule has 0 spiro atoms. The Labute approximate surface area is 109 Å². The standard InChI is InChI=1S/C14H21N3O/c1-11-6-4-5-7-13(11)17-10-12(8-9-15-2)16(3)14(17)18/h4-7,12,15H,8-10H2,1-3H3. The van der Waals surface area contributed by atoms with Crippen LogP contribution in [0, 0.1) is 6.92 Å². The fourth-order valence-corrected chi connectivity index (χ4v) is 2.42. The molecule has 18 heavy (non-hydrogen) atoms. The topological polar surface area (TPSA) is 35.6 Å². The van der Waals surface area contributed by atoms with Crippen LogP contribution in [0.25, 0.3) is 0 Å². The van der Waals surface area contributed by atoms with Gasteiger partial charge in [-0.3, -0.25) is 4.90 Å². The van der Waals surface area contributed by atoms with Crippen LogP contribution < -0.4 is 10.2 Å². The van der Waals surface area contributed by atoms with Gasteiger partial charge < -0.3 is 10.2 Å². The molecule has 0 aliphatic carbocycles. The molecule has 2 rings (SSSR count). The molecule has 1 aromatic rings. The number of urea groups is 1. The zero-order valence-corrected chi connectivity index (χ0v) is 11.3. The smallest absolute Gasteiger partial charge is 0.323 e. The van der Waals surface area contributed by atoms with Gasteiger partial charge in [0.15, 0.2) is 0 Å². The molecule has 0 saturated carbocycles. The van der Waals surface area contributed by atoms with E-state index in [-0.39, 0.29) is 6.03 Å². The van der Waals surface area contributed by atoms with Gasteiger partial charge in [0.05, 0.1) is 6.04 Å². The van der Waals surface area contributed by atoms with Crippen molar-refractivity contribution in [3.8, 4) is 0 Å². The molecular weight excluding hydrogens is 226 g/mol. The minimum Gasteiger partial charge on any atom is -0.323 e. The Morgan fingerprint density at radius 1 is 1.39 bits per heavy atom. The number of rotatable bonds is 4. The summed E-state index contributed by atoms with van der Waals surface area (Å²) in [4.78, 5) is 16.0. The summed E-state index contributed by atoms with van der Waals surface area (Å²) in [6.45, 7) is 3.76. The van der Waals surface area contributed by atoms with Gasteiger partial charge in [0.25, 0.3) is 0 Å². The molecule has 1 atom stereocenters. The largest absolute Gasteiger partial charge is 0.324 e. The van der Waals surface area contributed by atoms with Gasteiger partial charge in [0.2, 0.25) is 0 Å². The van der Waals surface area contributed by atoms with Crippen LogP contribution in [-0.4, -0.2) is 44.2 Å². The molecular formula is C14H21N3O. The van der Waals surface area contributed by atoms with Crippen molar-refractivity contribution in [1.29, 1.82) is 0 Å².